The molecule has 3 rings (SSSR count). The Morgan fingerprint density at radius 3 is 2.90 bits per heavy atom. The number of amides is 1. The summed E-state index contributed by atoms with van der Waals surface area (Å²) in [6.45, 7) is 3.18. The molecule has 2 aromatic rings. The van der Waals surface area contributed by atoms with Gasteiger partial charge in [0.1, 0.15) is 5.76 Å². The first-order valence-corrected chi connectivity index (χ1v) is 6.87. The van der Waals surface area contributed by atoms with Gasteiger partial charge in [-0.25, -0.2) is 0 Å². The number of fused-ring (bicyclic) bond motifs is 1. The van der Waals surface area contributed by atoms with Crippen molar-refractivity contribution in [2.24, 2.45) is 11.7 Å². The second kappa shape index (κ2) is 5.13. The van der Waals surface area contributed by atoms with Crippen LogP contribution < -0.4 is 10.6 Å². The Labute approximate surface area is 118 Å². The van der Waals surface area contributed by atoms with E-state index in [1.807, 2.05) is 23.1 Å². The summed E-state index contributed by atoms with van der Waals surface area (Å²) in [5.74, 6) is 1.34. The van der Waals surface area contributed by atoms with Crippen molar-refractivity contribution in [2.75, 3.05) is 11.4 Å². The summed E-state index contributed by atoms with van der Waals surface area (Å²) in [5, 5.41) is 0. The molecule has 2 heterocycles. The standard InChI is InChI=1S/C16H18N2O2/c1-11-8-12-4-2-3-5-14(12)18(10-11)16(19)15-7-6-13(9-17)20-15/h2-7,11H,8-10,17H2,1H3/t11-/m1/s1. The zero-order valence-electron chi connectivity index (χ0n) is 11.5. The van der Waals surface area contributed by atoms with Gasteiger partial charge < -0.3 is 15.1 Å². The lowest BCUT2D eigenvalue weighted by Gasteiger charge is -2.32. The van der Waals surface area contributed by atoms with Gasteiger partial charge in [-0.15, -0.1) is 0 Å². The molecule has 1 aromatic carbocycles. The molecule has 1 aliphatic rings. The molecule has 0 spiro atoms. The van der Waals surface area contributed by atoms with Crippen LogP contribution in [0.4, 0.5) is 5.69 Å². The van der Waals surface area contributed by atoms with E-state index in [2.05, 4.69) is 13.0 Å². The van der Waals surface area contributed by atoms with Crippen molar-refractivity contribution in [1.29, 1.82) is 0 Å². The molecule has 0 saturated heterocycles. The van der Waals surface area contributed by atoms with Crippen LogP contribution in [0.2, 0.25) is 0 Å². The SMILES string of the molecule is C[C@@H]1Cc2ccccc2N(C(=O)c2ccc(CN)o2)C1. The monoisotopic (exact) mass is 270 g/mol. The van der Waals surface area contributed by atoms with Crippen LogP contribution in [0, 0.1) is 5.92 Å². The Morgan fingerprint density at radius 2 is 2.15 bits per heavy atom. The largest absolute Gasteiger partial charge is 0.455 e. The van der Waals surface area contributed by atoms with Crippen LogP contribution in [-0.4, -0.2) is 12.5 Å². The molecular formula is C16H18N2O2. The highest BCUT2D eigenvalue weighted by Gasteiger charge is 2.28. The minimum atomic E-state index is -0.0938. The molecule has 1 aliphatic heterocycles. The molecule has 2 N–H and O–H groups in total. The van der Waals surface area contributed by atoms with E-state index in [4.69, 9.17) is 10.2 Å². The maximum atomic E-state index is 12.6. The zero-order valence-corrected chi connectivity index (χ0v) is 11.5. The van der Waals surface area contributed by atoms with Gasteiger partial charge in [-0.3, -0.25) is 4.79 Å². The van der Waals surface area contributed by atoms with Gasteiger partial charge in [0, 0.05) is 12.2 Å². The van der Waals surface area contributed by atoms with Crippen molar-refractivity contribution < 1.29 is 9.21 Å². The van der Waals surface area contributed by atoms with Crippen molar-refractivity contribution in [3.63, 3.8) is 0 Å². The summed E-state index contributed by atoms with van der Waals surface area (Å²) in [6, 6.07) is 11.5. The molecule has 0 radical (unpaired) electrons. The summed E-state index contributed by atoms with van der Waals surface area (Å²) in [7, 11) is 0. The highest BCUT2D eigenvalue weighted by molar-refractivity contribution is 6.05. The molecule has 0 aliphatic carbocycles. The van der Waals surface area contributed by atoms with Crippen molar-refractivity contribution >= 4 is 11.6 Å². The number of carbonyl (C=O) groups is 1. The number of benzene rings is 1. The summed E-state index contributed by atoms with van der Waals surface area (Å²) < 4.78 is 5.48. The molecule has 1 amide bonds. The summed E-state index contributed by atoms with van der Waals surface area (Å²) in [6.07, 6.45) is 1.01. The van der Waals surface area contributed by atoms with Gasteiger partial charge in [0.05, 0.1) is 6.54 Å². The van der Waals surface area contributed by atoms with Crippen LogP contribution >= 0.6 is 0 Å². The highest BCUT2D eigenvalue weighted by atomic mass is 16.4. The predicted molar refractivity (Wildman–Crippen MR) is 77.6 cm³/mol. The minimum absolute atomic E-state index is 0.0938. The first-order valence-electron chi connectivity index (χ1n) is 6.87. The molecular weight excluding hydrogens is 252 g/mol. The quantitative estimate of drug-likeness (QED) is 0.912. The number of anilines is 1. The van der Waals surface area contributed by atoms with E-state index in [-0.39, 0.29) is 5.91 Å². The molecule has 1 aromatic heterocycles. The van der Waals surface area contributed by atoms with Gasteiger partial charge in [-0.05, 0) is 36.1 Å². The molecule has 0 saturated carbocycles. The van der Waals surface area contributed by atoms with Gasteiger partial charge in [-0.1, -0.05) is 25.1 Å². The van der Waals surface area contributed by atoms with Crippen LogP contribution in [0.15, 0.2) is 40.8 Å². The van der Waals surface area contributed by atoms with Crippen LogP contribution in [0.5, 0.6) is 0 Å². The average molecular weight is 270 g/mol. The third-order valence-electron chi connectivity index (χ3n) is 3.66. The lowest BCUT2D eigenvalue weighted by molar-refractivity contribution is 0.0952. The van der Waals surface area contributed by atoms with Crippen LogP contribution in [0.1, 0.15) is 28.8 Å². The Kier molecular flexibility index (Phi) is 3.32. The fraction of sp³-hybridized carbons (Fsp3) is 0.312. The number of hydrogen-bond acceptors (Lipinski definition) is 3. The third kappa shape index (κ3) is 2.23. The van der Waals surface area contributed by atoms with Gasteiger partial charge in [0.15, 0.2) is 5.76 Å². The van der Waals surface area contributed by atoms with Gasteiger partial charge in [0.25, 0.3) is 5.91 Å². The van der Waals surface area contributed by atoms with Gasteiger partial charge in [0.2, 0.25) is 0 Å². The first kappa shape index (κ1) is 12.9. The van der Waals surface area contributed by atoms with Gasteiger partial charge >= 0.3 is 0 Å². The number of furan rings is 1. The smallest absolute Gasteiger partial charge is 0.293 e. The molecule has 20 heavy (non-hydrogen) atoms. The molecule has 0 fully saturated rings. The summed E-state index contributed by atoms with van der Waals surface area (Å²) in [4.78, 5) is 14.4. The Balaban J connectivity index is 1.95. The van der Waals surface area contributed by atoms with E-state index in [0.717, 1.165) is 12.1 Å². The fourth-order valence-corrected chi connectivity index (χ4v) is 2.72. The Hall–Kier alpha value is -2.07. The number of para-hydroxylation sites is 1. The van der Waals surface area contributed by atoms with Crippen molar-refractivity contribution in [1.82, 2.24) is 0 Å². The van der Waals surface area contributed by atoms with Crippen LogP contribution in [0.3, 0.4) is 0 Å². The molecule has 0 bridgehead atoms. The Morgan fingerprint density at radius 1 is 1.35 bits per heavy atom. The molecule has 104 valence electrons. The van der Waals surface area contributed by atoms with E-state index in [1.54, 1.807) is 12.1 Å². The molecule has 1 atom stereocenters. The second-order valence-corrected chi connectivity index (χ2v) is 5.32. The number of hydrogen-bond donors (Lipinski definition) is 1. The number of nitrogens with two attached hydrogens (primary N) is 1. The van der Waals surface area contributed by atoms with E-state index in [0.29, 0.717) is 30.5 Å². The fourth-order valence-electron chi connectivity index (χ4n) is 2.72. The van der Waals surface area contributed by atoms with Crippen LogP contribution in [0.25, 0.3) is 0 Å². The molecule has 4 heteroatoms. The topological polar surface area (TPSA) is 59.5 Å². The Bertz CT molecular complexity index is 633. The van der Waals surface area contributed by atoms with E-state index in [1.165, 1.54) is 5.56 Å². The highest BCUT2D eigenvalue weighted by Crippen LogP contribution is 2.30. The molecule has 4 nitrogen and oxygen atoms in total. The zero-order chi connectivity index (χ0) is 14.1. The average Bonchev–Trinajstić information content (AvgIpc) is 2.94. The predicted octanol–water partition coefficient (Wildman–Crippen LogP) is 2.58. The summed E-state index contributed by atoms with van der Waals surface area (Å²) >= 11 is 0. The van der Waals surface area contributed by atoms with Crippen molar-refractivity contribution in [2.45, 2.75) is 19.9 Å². The van der Waals surface area contributed by atoms with E-state index in [9.17, 15) is 4.79 Å². The molecule has 0 unspecified atom stereocenters. The lowest BCUT2D eigenvalue weighted by atomic mass is 9.94. The number of rotatable bonds is 2. The first-order chi connectivity index (χ1) is 9.69. The van der Waals surface area contributed by atoms with E-state index < -0.39 is 0 Å². The van der Waals surface area contributed by atoms with Crippen molar-refractivity contribution in [3.05, 3.63) is 53.5 Å². The number of carbonyl (C=O) groups excluding carboxylic acids is 1. The lowest BCUT2D eigenvalue weighted by Crippen LogP contribution is -2.39. The van der Waals surface area contributed by atoms with Gasteiger partial charge in [-0.2, -0.15) is 0 Å². The van der Waals surface area contributed by atoms with Crippen molar-refractivity contribution in [3.8, 4) is 0 Å². The maximum Gasteiger partial charge on any atom is 0.293 e. The minimum Gasteiger partial charge on any atom is -0.455 e. The second-order valence-electron chi connectivity index (χ2n) is 5.32. The summed E-state index contributed by atoms with van der Waals surface area (Å²) in [5.41, 5.74) is 7.72. The maximum absolute atomic E-state index is 12.6. The van der Waals surface area contributed by atoms with E-state index >= 15 is 0 Å². The van der Waals surface area contributed by atoms with Crippen LogP contribution in [-0.2, 0) is 13.0 Å². The normalized spacial score (nSPS) is 17.9. The number of nitrogens with zero attached hydrogens (tertiary/aromatic N) is 1. The third-order valence-corrected chi connectivity index (χ3v) is 3.66.